The third-order valence-electron chi connectivity index (χ3n) is 3.27. The Hall–Kier alpha value is -0.610. The standard InChI is InChI=1S/C11H20N2O2/c1-8(6-9-2-3-9)13-10(14)11(12)4-5-15-7-11/h8-9H,2-7,12H2,1H3,(H,13,14). The molecule has 2 atom stereocenters. The number of rotatable bonds is 4. The number of nitrogens with two attached hydrogens (primary N) is 1. The first-order valence-electron chi connectivity index (χ1n) is 5.78. The van der Waals surface area contributed by atoms with Crippen molar-refractivity contribution in [2.75, 3.05) is 13.2 Å². The Balaban J connectivity index is 1.79. The third kappa shape index (κ3) is 2.69. The van der Waals surface area contributed by atoms with Gasteiger partial charge in [-0.15, -0.1) is 0 Å². The van der Waals surface area contributed by atoms with Crippen molar-refractivity contribution in [1.82, 2.24) is 5.32 Å². The van der Waals surface area contributed by atoms with Gasteiger partial charge in [0, 0.05) is 12.6 Å². The molecule has 2 fully saturated rings. The summed E-state index contributed by atoms with van der Waals surface area (Å²) in [5.41, 5.74) is 5.18. The largest absolute Gasteiger partial charge is 0.379 e. The lowest BCUT2D eigenvalue weighted by molar-refractivity contribution is -0.127. The van der Waals surface area contributed by atoms with E-state index in [0.717, 1.165) is 12.3 Å². The maximum Gasteiger partial charge on any atom is 0.242 e. The van der Waals surface area contributed by atoms with Crippen molar-refractivity contribution in [3.8, 4) is 0 Å². The maximum absolute atomic E-state index is 11.9. The van der Waals surface area contributed by atoms with E-state index in [-0.39, 0.29) is 11.9 Å². The zero-order valence-electron chi connectivity index (χ0n) is 9.29. The van der Waals surface area contributed by atoms with E-state index in [9.17, 15) is 4.79 Å². The monoisotopic (exact) mass is 212 g/mol. The van der Waals surface area contributed by atoms with Gasteiger partial charge in [0.1, 0.15) is 5.54 Å². The molecule has 2 unspecified atom stereocenters. The lowest BCUT2D eigenvalue weighted by Crippen LogP contribution is -2.56. The van der Waals surface area contributed by atoms with E-state index in [4.69, 9.17) is 10.5 Å². The van der Waals surface area contributed by atoms with Gasteiger partial charge in [0.15, 0.2) is 0 Å². The van der Waals surface area contributed by atoms with Gasteiger partial charge in [-0.2, -0.15) is 0 Å². The van der Waals surface area contributed by atoms with Crippen molar-refractivity contribution in [2.24, 2.45) is 11.7 Å². The van der Waals surface area contributed by atoms with E-state index >= 15 is 0 Å². The van der Waals surface area contributed by atoms with Crippen LogP contribution in [0.1, 0.15) is 32.6 Å². The van der Waals surface area contributed by atoms with Crippen LogP contribution in [0.2, 0.25) is 0 Å². The molecular formula is C11H20N2O2. The molecule has 1 heterocycles. The summed E-state index contributed by atoms with van der Waals surface area (Å²) in [6.07, 6.45) is 4.35. The first-order chi connectivity index (χ1) is 7.10. The van der Waals surface area contributed by atoms with E-state index < -0.39 is 5.54 Å². The average molecular weight is 212 g/mol. The molecule has 0 aromatic rings. The Morgan fingerprint density at radius 1 is 1.67 bits per heavy atom. The van der Waals surface area contributed by atoms with E-state index in [1.807, 2.05) is 0 Å². The van der Waals surface area contributed by atoms with Gasteiger partial charge in [-0.1, -0.05) is 12.8 Å². The molecule has 4 nitrogen and oxygen atoms in total. The highest BCUT2D eigenvalue weighted by Gasteiger charge is 2.39. The minimum Gasteiger partial charge on any atom is -0.379 e. The van der Waals surface area contributed by atoms with Crippen LogP contribution >= 0.6 is 0 Å². The van der Waals surface area contributed by atoms with Gasteiger partial charge in [0.25, 0.3) is 0 Å². The maximum atomic E-state index is 11.9. The Labute approximate surface area is 90.5 Å². The van der Waals surface area contributed by atoms with Crippen molar-refractivity contribution in [3.05, 3.63) is 0 Å². The fourth-order valence-corrected chi connectivity index (χ4v) is 2.04. The fraction of sp³-hybridized carbons (Fsp3) is 0.909. The summed E-state index contributed by atoms with van der Waals surface area (Å²) in [5.74, 6) is 0.780. The third-order valence-corrected chi connectivity index (χ3v) is 3.27. The Bertz CT molecular complexity index is 245. The second kappa shape index (κ2) is 4.10. The van der Waals surface area contributed by atoms with E-state index in [2.05, 4.69) is 12.2 Å². The van der Waals surface area contributed by atoms with Crippen LogP contribution in [0.5, 0.6) is 0 Å². The smallest absolute Gasteiger partial charge is 0.242 e. The summed E-state index contributed by atoms with van der Waals surface area (Å²) in [4.78, 5) is 11.9. The quantitative estimate of drug-likeness (QED) is 0.709. The Morgan fingerprint density at radius 2 is 2.40 bits per heavy atom. The Kier molecular flexibility index (Phi) is 2.98. The van der Waals surface area contributed by atoms with Gasteiger partial charge >= 0.3 is 0 Å². The van der Waals surface area contributed by atoms with Crippen LogP contribution < -0.4 is 11.1 Å². The topological polar surface area (TPSA) is 64.4 Å². The molecule has 0 bridgehead atoms. The number of amides is 1. The molecule has 15 heavy (non-hydrogen) atoms. The van der Waals surface area contributed by atoms with Crippen LogP contribution in [0, 0.1) is 5.92 Å². The normalized spacial score (nSPS) is 32.7. The predicted octanol–water partition coefficient (Wildman–Crippen LogP) is 0.409. The van der Waals surface area contributed by atoms with Gasteiger partial charge in [-0.05, 0) is 25.7 Å². The van der Waals surface area contributed by atoms with Gasteiger partial charge in [-0.25, -0.2) is 0 Å². The second-order valence-electron chi connectivity index (χ2n) is 5.01. The molecule has 4 heteroatoms. The first-order valence-corrected chi connectivity index (χ1v) is 5.78. The molecular weight excluding hydrogens is 192 g/mol. The number of ether oxygens (including phenoxy) is 1. The lowest BCUT2D eigenvalue weighted by Gasteiger charge is -2.23. The van der Waals surface area contributed by atoms with Crippen LogP contribution in [-0.2, 0) is 9.53 Å². The molecule has 2 aliphatic rings. The fourth-order valence-electron chi connectivity index (χ4n) is 2.04. The van der Waals surface area contributed by atoms with Crippen molar-refractivity contribution in [3.63, 3.8) is 0 Å². The molecule has 0 aromatic carbocycles. The highest BCUT2D eigenvalue weighted by molar-refractivity contribution is 5.86. The van der Waals surface area contributed by atoms with Crippen molar-refractivity contribution in [2.45, 2.75) is 44.2 Å². The van der Waals surface area contributed by atoms with Crippen molar-refractivity contribution >= 4 is 5.91 Å². The van der Waals surface area contributed by atoms with Gasteiger partial charge in [0.2, 0.25) is 5.91 Å². The molecule has 1 amide bonds. The summed E-state index contributed by atoms with van der Waals surface area (Å²) < 4.78 is 5.17. The van der Waals surface area contributed by atoms with Crippen LogP contribution in [0.4, 0.5) is 0 Å². The number of nitrogens with one attached hydrogen (secondary N) is 1. The number of carbonyl (C=O) groups excluding carboxylic acids is 1. The number of hydrogen-bond donors (Lipinski definition) is 2. The van der Waals surface area contributed by atoms with Gasteiger partial charge in [-0.3, -0.25) is 4.79 Å². The van der Waals surface area contributed by atoms with Crippen molar-refractivity contribution in [1.29, 1.82) is 0 Å². The minimum absolute atomic E-state index is 0.0480. The van der Waals surface area contributed by atoms with E-state index in [1.165, 1.54) is 12.8 Å². The molecule has 1 aliphatic carbocycles. The minimum atomic E-state index is -0.780. The van der Waals surface area contributed by atoms with Crippen LogP contribution in [0.3, 0.4) is 0 Å². The molecule has 86 valence electrons. The summed E-state index contributed by atoms with van der Waals surface area (Å²) in [6.45, 7) is 3.01. The molecule has 3 N–H and O–H groups in total. The molecule has 0 radical (unpaired) electrons. The first kappa shape index (κ1) is 10.9. The lowest BCUT2D eigenvalue weighted by atomic mass is 9.98. The van der Waals surface area contributed by atoms with Gasteiger partial charge < -0.3 is 15.8 Å². The molecule has 2 rings (SSSR count). The SMILES string of the molecule is CC(CC1CC1)NC(=O)C1(N)CCOC1. The highest BCUT2D eigenvalue weighted by Crippen LogP contribution is 2.33. The summed E-state index contributed by atoms with van der Waals surface area (Å²) >= 11 is 0. The van der Waals surface area contributed by atoms with Gasteiger partial charge in [0.05, 0.1) is 6.61 Å². The summed E-state index contributed by atoms with van der Waals surface area (Å²) in [6, 6.07) is 0.242. The van der Waals surface area contributed by atoms with E-state index in [1.54, 1.807) is 0 Å². The summed E-state index contributed by atoms with van der Waals surface area (Å²) in [7, 11) is 0. The van der Waals surface area contributed by atoms with Crippen molar-refractivity contribution < 1.29 is 9.53 Å². The number of hydrogen-bond acceptors (Lipinski definition) is 3. The average Bonchev–Trinajstić information content (AvgIpc) is 2.86. The zero-order valence-corrected chi connectivity index (χ0v) is 9.29. The van der Waals surface area contributed by atoms with Crippen LogP contribution in [0.15, 0.2) is 0 Å². The Morgan fingerprint density at radius 3 is 2.93 bits per heavy atom. The molecule has 1 saturated heterocycles. The molecule has 0 aromatic heterocycles. The predicted molar refractivity (Wildman–Crippen MR) is 57.3 cm³/mol. The summed E-state index contributed by atoms with van der Waals surface area (Å²) in [5, 5.41) is 2.99. The molecule has 1 saturated carbocycles. The van der Waals surface area contributed by atoms with Crippen LogP contribution in [0.25, 0.3) is 0 Å². The second-order valence-corrected chi connectivity index (χ2v) is 5.01. The van der Waals surface area contributed by atoms with E-state index in [0.29, 0.717) is 19.6 Å². The number of carbonyl (C=O) groups is 1. The molecule has 0 spiro atoms. The molecule has 1 aliphatic heterocycles. The van der Waals surface area contributed by atoms with Crippen LogP contribution in [-0.4, -0.2) is 30.7 Å². The highest BCUT2D eigenvalue weighted by atomic mass is 16.5. The zero-order chi connectivity index (χ0) is 10.9.